The lowest BCUT2D eigenvalue weighted by atomic mass is 9.96. The zero-order valence-electron chi connectivity index (χ0n) is 17.1. The second kappa shape index (κ2) is 8.55. The van der Waals surface area contributed by atoms with Crippen molar-refractivity contribution in [3.63, 3.8) is 0 Å². The fourth-order valence-electron chi connectivity index (χ4n) is 3.69. The van der Waals surface area contributed by atoms with Crippen molar-refractivity contribution >= 4 is 35.8 Å². The summed E-state index contributed by atoms with van der Waals surface area (Å²) >= 11 is 1.52. The Hall–Kier alpha value is -3.13. The molecule has 0 aromatic heterocycles. The molecule has 7 nitrogen and oxygen atoms in total. The predicted molar refractivity (Wildman–Crippen MR) is 117 cm³/mol. The van der Waals surface area contributed by atoms with E-state index in [1.807, 2.05) is 44.2 Å². The molecule has 3 atom stereocenters. The van der Waals surface area contributed by atoms with Crippen LogP contribution in [-0.2, 0) is 19.1 Å². The molecule has 160 valence electrons. The second-order valence-corrected chi connectivity index (χ2v) is 9.54. The van der Waals surface area contributed by atoms with Crippen LogP contribution in [0.25, 0.3) is 0 Å². The van der Waals surface area contributed by atoms with Crippen molar-refractivity contribution in [1.29, 1.82) is 0 Å². The summed E-state index contributed by atoms with van der Waals surface area (Å²) in [7, 11) is 0. The number of esters is 2. The van der Waals surface area contributed by atoms with Crippen LogP contribution in [0.2, 0.25) is 0 Å². The van der Waals surface area contributed by atoms with Gasteiger partial charge in [-0.1, -0.05) is 48.5 Å². The van der Waals surface area contributed by atoms with Gasteiger partial charge in [0.25, 0.3) is 5.91 Å². The quantitative estimate of drug-likeness (QED) is 0.298. The third-order valence-electron chi connectivity index (χ3n) is 5.22. The van der Waals surface area contributed by atoms with Crippen LogP contribution < -0.4 is 0 Å². The molecule has 2 fully saturated rings. The van der Waals surface area contributed by atoms with E-state index in [9.17, 15) is 14.4 Å². The maximum absolute atomic E-state index is 12.7. The van der Waals surface area contributed by atoms with E-state index in [0.29, 0.717) is 5.56 Å². The number of benzene rings is 2. The van der Waals surface area contributed by atoms with Crippen LogP contribution in [0.15, 0.2) is 65.7 Å². The third kappa shape index (κ3) is 4.20. The van der Waals surface area contributed by atoms with Crippen molar-refractivity contribution in [3.05, 3.63) is 71.8 Å². The van der Waals surface area contributed by atoms with Crippen LogP contribution in [0.3, 0.4) is 0 Å². The summed E-state index contributed by atoms with van der Waals surface area (Å²) < 4.78 is 9.66. The van der Waals surface area contributed by atoms with E-state index in [2.05, 4.69) is 4.99 Å². The first-order valence-electron chi connectivity index (χ1n) is 9.85. The summed E-state index contributed by atoms with van der Waals surface area (Å²) in [6.07, 6.45) is 1.68. The minimum atomic E-state index is -0.770. The van der Waals surface area contributed by atoms with Gasteiger partial charge in [0, 0.05) is 11.0 Å². The van der Waals surface area contributed by atoms with Crippen molar-refractivity contribution in [3.8, 4) is 0 Å². The van der Waals surface area contributed by atoms with Gasteiger partial charge in [0.15, 0.2) is 6.04 Å². The normalized spacial score (nSPS) is 23.9. The lowest BCUT2D eigenvalue weighted by molar-refractivity contribution is -0.168. The molecule has 0 saturated carbocycles. The van der Waals surface area contributed by atoms with E-state index in [1.54, 1.807) is 36.5 Å². The van der Waals surface area contributed by atoms with Gasteiger partial charge in [0.1, 0.15) is 11.4 Å². The van der Waals surface area contributed by atoms with Gasteiger partial charge in [0.2, 0.25) is 6.79 Å². The number of hydrogen-bond acceptors (Lipinski definition) is 7. The van der Waals surface area contributed by atoms with Crippen molar-refractivity contribution in [2.45, 2.75) is 36.1 Å². The number of amides is 1. The van der Waals surface area contributed by atoms with Crippen molar-refractivity contribution in [1.82, 2.24) is 4.90 Å². The van der Waals surface area contributed by atoms with Crippen LogP contribution in [-0.4, -0.2) is 58.0 Å². The zero-order chi connectivity index (χ0) is 22.0. The number of rotatable bonds is 6. The topological polar surface area (TPSA) is 85.3 Å². The average Bonchev–Trinajstić information content (AvgIpc) is 3.02. The Kier molecular flexibility index (Phi) is 5.82. The van der Waals surface area contributed by atoms with Gasteiger partial charge >= 0.3 is 11.9 Å². The highest BCUT2D eigenvalue weighted by molar-refractivity contribution is 8.01. The molecule has 2 aliphatic rings. The summed E-state index contributed by atoms with van der Waals surface area (Å²) in [5, 5.41) is -0.230. The average molecular weight is 439 g/mol. The first-order chi connectivity index (χ1) is 14.9. The van der Waals surface area contributed by atoms with Crippen molar-refractivity contribution in [2.75, 3.05) is 6.79 Å². The van der Waals surface area contributed by atoms with Crippen molar-refractivity contribution < 1.29 is 23.9 Å². The number of fused-ring (bicyclic) bond motifs is 1. The minimum absolute atomic E-state index is 0.210. The lowest BCUT2D eigenvalue weighted by Gasteiger charge is -2.41. The zero-order valence-corrected chi connectivity index (χ0v) is 18.0. The monoisotopic (exact) mass is 438 g/mol. The van der Waals surface area contributed by atoms with Crippen LogP contribution >= 0.6 is 11.8 Å². The van der Waals surface area contributed by atoms with E-state index in [4.69, 9.17) is 9.47 Å². The molecule has 31 heavy (non-hydrogen) atoms. The molecule has 0 radical (unpaired) electrons. The molecule has 0 unspecified atom stereocenters. The standard InChI is InChI=1S/C23H22N2O5S/c1-23(2)18(22(28)30-14-29-21(27)16-11-7-4-8-12-16)25-19(26)17(20(25)31-23)24-13-15-9-5-3-6-10-15/h3-13,17-18,20H,14H2,1-2H3/t17-,18+,20-/m1/s1. The van der Waals surface area contributed by atoms with Crippen molar-refractivity contribution in [2.24, 2.45) is 4.99 Å². The molecule has 2 saturated heterocycles. The maximum Gasteiger partial charge on any atom is 0.340 e. The largest absolute Gasteiger partial charge is 0.426 e. The molecule has 2 aromatic rings. The smallest absolute Gasteiger partial charge is 0.340 e. The van der Waals surface area contributed by atoms with Crippen LogP contribution in [0.1, 0.15) is 29.8 Å². The van der Waals surface area contributed by atoms with Gasteiger partial charge in [-0.2, -0.15) is 0 Å². The molecule has 2 aliphatic heterocycles. The Morgan fingerprint density at radius 2 is 1.71 bits per heavy atom. The fraction of sp³-hybridized carbons (Fsp3) is 0.304. The van der Waals surface area contributed by atoms with Crippen LogP contribution in [0.5, 0.6) is 0 Å². The molecule has 4 rings (SSSR count). The summed E-state index contributed by atoms with van der Waals surface area (Å²) in [6, 6.07) is 16.7. The number of aliphatic imine (C=N–C) groups is 1. The Morgan fingerprint density at radius 1 is 1.06 bits per heavy atom. The fourth-order valence-corrected chi connectivity index (χ4v) is 5.31. The summed E-state index contributed by atoms with van der Waals surface area (Å²) in [4.78, 5) is 43.4. The first-order valence-corrected chi connectivity index (χ1v) is 10.7. The number of β-lactam (4-membered cyclic amide) rings is 1. The summed E-state index contributed by atoms with van der Waals surface area (Å²) in [5.74, 6) is -1.39. The number of thioether (sulfide) groups is 1. The maximum atomic E-state index is 12.7. The number of ether oxygens (including phenoxy) is 2. The van der Waals surface area contributed by atoms with E-state index in [1.165, 1.54) is 16.7 Å². The van der Waals surface area contributed by atoms with Gasteiger partial charge in [-0.3, -0.25) is 9.79 Å². The predicted octanol–water partition coefficient (Wildman–Crippen LogP) is 2.89. The minimum Gasteiger partial charge on any atom is -0.426 e. The molecule has 0 aliphatic carbocycles. The second-order valence-electron chi connectivity index (χ2n) is 7.77. The Labute approximate surface area is 184 Å². The van der Waals surface area contributed by atoms with Gasteiger partial charge in [-0.15, -0.1) is 11.8 Å². The number of hydrogen-bond donors (Lipinski definition) is 0. The number of carbonyl (C=O) groups is 3. The number of carbonyl (C=O) groups excluding carboxylic acids is 3. The molecular formula is C23H22N2O5S. The van der Waals surface area contributed by atoms with E-state index in [0.717, 1.165) is 5.56 Å². The SMILES string of the molecule is CC1(C)S[C@@H]2[C@H](N=Cc3ccccc3)C(=O)N2[C@H]1C(=O)OCOC(=O)c1ccccc1. The van der Waals surface area contributed by atoms with E-state index in [-0.39, 0.29) is 11.3 Å². The molecule has 0 bridgehead atoms. The van der Waals surface area contributed by atoms with Crippen LogP contribution in [0, 0.1) is 0 Å². The third-order valence-corrected chi connectivity index (χ3v) is 6.78. The Balaban J connectivity index is 1.36. The van der Waals surface area contributed by atoms with Gasteiger partial charge < -0.3 is 14.4 Å². The molecule has 0 spiro atoms. The summed E-state index contributed by atoms with van der Waals surface area (Å²) in [5.41, 5.74) is 1.28. The Morgan fingerprint density at radius 3 is 2.39 bits per heavy atom. The number of nitrogens with zero attached hydrogens (tertiary/aromatic N) is 2. The van der Waals surface area contributed by atoms with Gasteiger partial charge in [-0.05, 0) is 31.5 Å². The van der Waals surface area contributed by atoms with Gasteiger partial charge in [0.05, 0.1) is 5.56 Å². The molecular weight excluding hydrogens is 416 g/mol. The lowest BCUT2D eigenvalue weighted by Crippen LogP contribution is -2.65. The molecule has 2 heterocycles. The molecule has 2 aromatic carbocycles. The molecule has 1 amide bonds. The highest BCUT2D eigenvalue weighted by Gasteiger charge is 2.64. The highest BCUT2D eigenvalue weighted by Crippen LogP contribution is 2.51. The molecule has 8 heteroatoms. The van der Waals surface area contributed by atoms with Gasteiger partial charge in [-0.25, -0.2) is 9.59 Å². The van der Waals surface area contributed by atoms with E-state index < -0.39 is 35.6 Å². The Bertz CT molecular complexity index is 1010. The first kappa shape index (κ1) is 21.1. The highest BCUT2D eigenvalue weighted by atomic mass is 32.2. The summed E-state index contributed by atoms with van der Waals surface area (Å²) in [6.45, 7) is 3.28. The van der Waals surface area contributed by atoms with Crippen LogP contribution in [0.4, 0.5) is 0 Å². The molecule has 0 N–H and O–H groups in total. The van der Waals surface area contributed by atoms with E-state index >= 15 is 0 Å².